The van der Waals surface area contributed by atoms with E-state index in [4.69, 9.17) is 18.9 Å². The predicted molar refractivity (Wildman–Crippen MR) is 107 cm³/mol. The number of fused-ring (bicyclic) bond motifs is 1. The molecule has 1 saturated heterocycles. The number of ether oxygens (including phenoxy) is 4. The fourth-order valence-electron chi connectivity index (χ4n) is 3.36. The predicted octanol–water partition coefficient (Wildman–Crippen LogP) is 2.94. The van der Waals surface area contributed by atoms with Crippen LogP contribution in [-0.2, 0) is 4.74 Å². The van der Waals surface area contributed by atoms with Crippen molar-refractivity contribution < 1.29 is 23.7 Å². The fraction of sp³-hybridized carbons (Fsp3) is 0.429. The van der Waals surface area contributed by atoms with Crippen molar-refractivity contribution in [1.82, 2.24) is 9.88 Å². The van der Waals surface area contributed by atoms with E-state index in [1.807, 2.05) is 29.2 Å². The Morgan fingerprint density at radius 2 is 1.97 bits per heavy atom. The molecule has 154 valence electrons. The van der Waals surface area contributed by atoms with E-state index in [1.54, 1.807) is 18.5 Å². The number of nitrogens with zero attached hydrogens (tertiary/aromatic N) is 2. The molecule has 0 radical (unpaired) electrons. The van der Waals surface area contributed by atoms with E-state index in [-0.39, 0.29) is 12.1 Å². The Hall–Kier alpha value is -3.00. The van der Waals surface area contributed by atoms with Crippen molar-refractivity contribution in [1.29, 1.82) is 0 Å². The minimum absolute atomic E-state index is 0.111. The van der Waals surface area contributed by atoms with Gasteiger partial charge in [0.05, 0.1) is 18.9 Å². The molecule has 0 unspecified atom stereocenters. The molecule has 2 amide bonds. The Balaban J connectivity index is 1.17. The number of pyridine rings is 1. The summed E-state index contributed by atoms with van der Waals surface area (Å²) in [4.78, 5) is 18.4. The number of aromatic nitrogens is 1. The third kappa shape index (κ3) is 5.29. The van der Waals surface area contributed by atoms with Gasteiger partial charge in [0, 0.05) is 31.0 Å². The van der Waals surface area contributed by atoms with Crippen LogP contribution in [0.1, 0.15) is 12.8 Å². The summed E-state index contributed by atoms with van der Waals surface area (Å²) in [7, 11) is 0. The van der Waals surface area contributed by atoms with Gasteiger partial charge in [0.2, 0.25) is 0 Å². The standard InChI is InChI=1S/C21H25N3O5/c25-21(23-16-3-4-19-20(14-16)29-13-12-28-19)24-8-5-17(6-9-24)26-10-11-27-18-2-1-7-22-15-18/h1-4,7,14-15,17H,5-6,8-13H2,(H,23,25). The molecule has 4 rings (SSSR count). The van der Waals surface area contributed by atoms with Crippen molar-refractivity contribution >= 4 is 11.7 Å². The third-order valence-electron chi connectivity index (χ3n) is 4.86. The normalized spacial score (nSPS) is 16.3. The zero-order chi connectivity index (χ0) is 19.9. The second-order valence-corrected chi connectivity index (χ2v) is 6.88. The van der Waals surface area contributed by atoms with Crippen molar-refractivity contribution in [2.75, 3.05) is 44.8 Å². The minimum Gasteiger partial charge on any atom is -0.490 e. The van der Waals surface area contributed by atoms with Crippen LogP contribution in [0.15, 0.2) is 42.7 Å². The first-order valence-corrected chi connectivity index (χ1v) is 9.88. The van der Waals surface area contributed by atoms with Crippen LogP contribution in [-0.4, -0.2) is 61.5 Å². The summed E-state index contributed by atoms with van der Waals surface area (Å²) < 4.78 is 22.5. The van der Waals surface area contributed by atoms with Gasteiger partial charge in [0.25, 0.3) is 0 Å². The van der Waals surface area contributed by atoms with Gasteiger partial charge in [-0.2, -0.15) is 0 Å². The smallest absolute Gasteiger partial charge is 0.321 e. The van der Waals surface area contributed by atoms with Gasteiger partial charge < -0.3 is 29.2 Å². The highest BCUT2D eigenvalue weighted by Crippen LogP contribution is 2.32. The minimum atomic E-state index is -0.111. The number of hydrogen-bond acceptors (Lipinski definition) is 6. The number of urea groups is 1. The van der Waals surface area contributed by atoms with Gasteiger partial charge in [-0.15, -0.1) is 0 Å². The Morgan fingerprint density at radius 3 is 2.76 bits per heavy atom. The summed E-state index contributed by atoms with van der Waals surface area (Å²) in [6.45, 7) is 3.38. The van der Waals surface area contributed by atoms with Gasteiger partial charge >= 0.3 is 6.03 Å². The third-order valence-corrected chi connectivity index (χ3v) is 4.86. The lowest BCUT2D eigenvalue weighted by molar-refractivity contribution is 0.00268. The second-order valence-electron chi connectivity index (χ2n) is 6.88. The molecule has 3 heterocycles. The lowest BCUT2D eigenvalue weighted by Crippen LogP contribution is -2.43. The Morgan fingerprint density at radius 1 is 1.14 bits per heavy atom. The molecule has 0 spiro atoms. The van der Waals surface area contributed by atoms with Crippen molar-refractivity contribution in [3.63, 3.8) is 0 Å². The maximum Gasteiger partial charge on any atom is 0.321 e. The Labute approximate surface area is 169 Å². The first-order chi connectivity index (χ1) is 14.3. The summed E-state index contributed by atoms with van der Waals surface area (Å²) in [6.07, 6.45) is 5.15. The first-order valence-electron chi connectivity index (χ1n) is 9.88. The van der Waals surface area contributed by atoms with Gasteiger partial charge in [0.1, 0.15) is 25.6 Å². The van der Waals surface area contributed by atoms with E-state index >= 15 is 0 Å². The number of carbonyl (C=O) groups is 1. The molecule has 8 nitrogen and oxygen atoms in total. The highest BCUT2D eigenvalue weighted by atomic mass is 16.6. The van der Waals surface area contributed by atoms with E-state index < -0.39 is 0 Å². The van der Waals surface area contributed by atoms with Crippen LogP contribution in [0, 0.1) is 0 Å². The van der Waals surface area contributed by atoms with Crippen LogP contribution < -0.4 is 19.5 Å². The Kier molecular flexibility index (Phi) is 6.31. The maximum atomic E-state index is 12.5. The fourth-order valence-corrected chi connectivity index (χ4v) is 3.36. The lowest BCUT2D eigenvalue weighted by atomic mass is 10.1. The zero-order valence-electron chi connectivity index (χ0n) is 16.2. The van der Waals surface area contributed by atoms with Gasteiger partial charge in [-0.3, -0.25) is 4.98 Å². The van der Waals surface area contributed by atoms with Gasteiger partial charge in [-0.05, 0) is 37.1 Å². The summed E-state index contributed by atoms with van der Waals surface area (Å²) in [5.41, 5.74) is 0.699. The van der Waals surface area contributed by atoms with Gasteiger partial charge in [-0.25, -0.2) is 4.79 Å². The molecule has 8 heteroatoms. The average molecular weight is 399 g/mol. The average Bonchev–Trinajstić information content (AvgIpc) is 2.78. The quantitative estimate of drug-likeness (QED) is 0.752. The molecular formula is C21H25N3O5. The van der Waals surface area contributed by atoms with E-state index in [2.05, 4.69) is 10.3 Å². The van der Waals surface area contributed by atoms with E-state index in [9.17, 15) is 4.79 Å². The van der Waals surface area contributed by atoms with Crippen molar-refractivity contribution in [3.05, 3.63) is 42.7 Å². The summed E-state index contributed by atoms with van der Waals surface area (Å²) in [5, 5.41) is 2.93. The van der Waals surface area contributed by atoms with E-state index in [1.165, 1.54) is 0 Å². The zero-order valence-corrected chi connectivity index (χ0v) is 16.2. The molecule has 2 aromatic rings. The van der Waals surface area contributed by atoms with Crippen molar-refractivity contribution in [2.24, 2.45) is 0 Å². The number of rotatable bonds is 6. The number of anilines is 1. The number of hydrogen-bond donors (Lipinski definition) is 1. The van der Waals surface area contributed by atoms with Crippen LogP contribution in [0.4, 0.5) is 10.5 Å². The van der Waals surface area contributed by atoms with Crippen LogP contribution in [0.2, 0.25) is 0 Å². The van der Waals surface area contributed by atoms with Crippen LogP contribution in [0.3, 0.4) is 0 Å². The van der Waals surface area contributed by atoms with Crippen LogP contribution in [0.5, 0.6) is 17.2 Å². The van der Waals surface area contributed by atoms with Crippen LogP contribution in [0.25, 0.3) is 0 Å². The summed E-state index contributed by atoms with van der Waals surface area (Å²) >= 11 is 0. The number of likely N-dealkylation sites (tertiary alicyclic amines) is 1. The Bertz CT molecular complexity index is 809. The summed E-state index contributed by atoms with van der Waals surface area (Å²) in [6, 6.07) is 9.03. The molecule has 1 N–H and O–H groups in total. The molecule has 0 bridgehead atoms. The molecule has 29 heavy (non-hydrogen) atoms. The van der Waals surface area contributed by atoms with Crippen molar-refractivity contribution in [2.45, 2.75) is 18.9 Å². The van der Waals surface area contributed by atoms with Crippen LogP contribution >= 0.6 is 0 Å². The monoisotopic (exact) mass is 399 g/mol. The first kappa shape index (κ1) is 19.3. The maximum absolute atomic E-state index is 12.5. The van der Waals surface area contributed by atoms with Gasteiger partial charge in [-0.1, -0.05) is 0 Å². The van der Waals surface area contributed by atoms with E-state index in [0.29, 0.717) is 56.7 Å². The molecule has 0 saturated carbocycles. The molecule has 2 aliphatic rings. The molecule has 1 fully saturated rings. The lowest BCUT2D eigenvalue weighted by Gasteiger charge is -2.32. The number of piperidine rings is 1. The van der Waals surface area contributed by atoms with E-state index in [0.717, 1.165) is 18.6 Å². The molecule has 1 aromatic carbocycles. The number of benzene rings is 1. The highest BCUT2D eigenvalue weighted by Gasteiger charge is 2.23. The molecule has 1 aromatic heterocycles. The number of nitrogens with one attached hydrogen (secondary N) is 1. The largest absolute Gasteiger partial charge is 0.490 e. The molecule has 0 aliphatic carbocycles. The molecular weight excluding hydrogens is 374 g/mol. The molecule has 2 aliphatic heterocycles. The van der Waals surface area contributed by atoms with Gasteiger partial charge in [0.15, 0.2) is 11.5 Å². The number of carbonyl (C=O) groups excluding carboxylic acids is 1. The summed E-state index contributed by atoms with van der Waals surface area (Å²) in [5.74, 6) is 2.11. The SMILES string of the molecule is O=C(Nc1ccc2c(c1)OCCO2)N1CCC(OCCOc2cccnc2)CC1. The highest BCUT2D eigenvalue weighted by molar-refractivity contribution is 5.89. The molecule has 0 atom stereocenters. The topological polar surface area (TPSA) is 82.2 Å². The second kappa shape index (κ2) is 9.47. The van der Waals surface area contributed by atoms with Crippen molar-refractivity contribution in [3.8, 4) is 17.2 Å². The number of amides is 2.